The summed E-state index contributed by atoms with van der Waals surface area (Å²) in [6, 6.07) is 5.37. The molecule has 0 saturated heterocycles. The maximum absolute atomic E-state index is 12.0. The monoisotopic (exact) mass is 364 g/mol. The van der Waals surface area contributed by atoms with Crippen LogP contribution in [-0.4, -0.2) is 31.5 Å². The second kappa shape index (κ2) is 6.29. The quantitative estimate of drug-likeness (QED) is 0.829. The van der Waals surface area contributed by atoms with Gasteiger partial charge in [0, 0.05) is 28.8 Å². The smallest absolute Gasteiger partial charge is 0.330 e. The molecule has 1 N–H and O–H groups in total. The summed E-state index contributed by atoms with van der Waals surface area (Å²) in [5.41, 5.74) is 0.127. The summed E-state index contributed by atoms with van der Waals surface area (Å²) in [6.45, 7) is 0. The first-order valence-electron chi connectivity index (χ1n) is 8.96. The van der Waals surface area contributed by atoms with E-state index in [1.165, 1.54) is 6.42 Å². The highest BCUT2D eigenvalue weighted by Gasteiger charge is 2.48. The van der Waals surface area contributed by atoms with Crippen molar-refractivity contribution in [3.8, 4) is 5.75 Å². The summed E-state index contributed by atoms with van der Waals surface area (Å²) >= 11 is -2.66. The van der Waals surface area contributed by atoms with Gasteiger partial charge in [0.05, 0.1) is 5.69 Å². The van der Waals surface area contributed by atoms with Crippen molar-refractivity contribution in [1.29, 1.82) is 0 Å². The third kappa shape index (κ3) is 2.64. The van der Waals surface area contributed by atoms with Gasteiger partial charge >= 0.3 is 5.97 Å². The molecule has 1 aromatic carbocycles. The molecule has 1 aromatic rings. The van der Waals surface area contributed by atoms with Gasteiger partial charge in [-0.2, -0.15) is 0 Å². The Morgan fingerprint density at radius 2 is 1.96 bits per heavy atom. The Morgan fingerprint density at radius 1 is 1.24 bits per heavy atom. The van der Waals surface area contributed by atoms with Gasteiger partial charge in [-0.1, -0.05) is 25.3 Å². The van der Waals surface area contributed by atoms with Crippen LogP contribution in [-0.2, 0) is 16.1 Å². The van der Waals surface area contributed by atoms with Gasteiger partial charge in [0.25, 0.3) is 0 Å². The van der Waals surface area contributed by atoms with Crippen LogP contribution in [0.25, 0.3) is 0 Å². The number of aliphatic carboxylic acids is 1. The first kappa shape index (κ1) is 16.8. The number of hydrogen-bond donors (Lipinski definition) is 1. The summed E-state index contributed by atoms with van der Waals surface area (Å²) in [5, 5.41) is 9.76. The van der Waals surface area contributed by atoms with Crippen molar-refractivity contribution in [3.63, 3.8) is 0 Å². The molecule has 0 radical (unpaired) electrons. The molecule has 0 spiro atoms. The first-order chi connectivity index (χ1) is 12.0. The molecule has 0 amide bonds. The number of carboxylic acids is 1. The topological polar surface area (TPSA) is 89.9 Å². The molecule has 7 heteroatoms. The zero-order valence-electron chi connectivity index (χ0n) is 14.0. The van der Waals surface area contributed by atoms with Crippen molar-refractivity contribution in [2.75, 3.05) is 4.31 Å². The van der Waals surface area contributed by atoms with Crippen molar-refractivity contribution >= 4 is 22.9 Å². The number of hydrogen-bond acceptors (Lipinski definition) is 4. The van der Waals surface area contributed by atoms with Gasteiger partial charge in [0.1, 0.15) is 17.4 Å². The first-order valence-corrected chi connectivity index (χ1v) is 10.00. The Morgan fingerprint density at radius 3 is 2.64 bits per heavy atom. The van der Waals surface area contributed by atoms with Crippen molar-refractivity contribution in [3.05, 3.63) is 23.8 Å². The Labute approximate surface area is 149 Å². The molecule has 1 heterocycles. The highest BCUT2D eigenvalue weighted by atomic mass is 32.2. The maximum Gasteiger partial charge on any atom is 0.330 e. The van der Waals surface area contributed by atoms with Gasteiger partial charge in [-0.3, -0.25) is 8.51 Å². The molecule has 2 fully saturated rings. The average molecular weight is 364 g/mol. The van der Waals surface area contributed by atoms with Gasteiger partial charge < -0.3 is 14.4 Å². The van der Waals surface area contributed by atoms with E-state index >= 15 is 0 Å². The molecule has 25 heavy (non-hydrogen) atoms. The van der Waals surface area contributed by atoms with Crippen molar-refractivity contribution in [2.45, 2.75) is 68.9 Å². The van der Waals surface area contributed by atoms with Gasteiger partial charge in [0.15, 0.2) is 0 Å². The summed E-state index contributed by atoms with van der Waals surface area (Å²) in [5.74, 6) is 0.0107. The Hall–Kier alpha value is -1.60. The van der Waals surface area contributed by atoms with Gasteiger partial charge in [-0.15, -0.1) is 0 Å². The molecular weight excluding hydrogens is 342 g/mol. The summed E-state index contributed by atoms with van der Waals surface area (Å²) in [6.07, 6.45) is 6.71. The second-order valence-electron chi connectivity index (χ2n) is 7.32. The molecule has 2 saturated carbocycles. The number of anilines is 1. The largest absolute Gasteiger partial charge is 0.755 e. The van der Waals surface area contributed by atoms with Crippen molar-refractivity contribution in [2.24, 2.45) is 0 Å². The number of fused-ring (bicyclic) bond motifs is 3. The second-order valence-corrected chi connectivity index (χ2v) is 8.12. The predicted molar refractivity (Wildman–Crippen MR) is 92.3 cm³/mol. The maximum atomic E-state index is 12.0. The molecular formula is C18H22NO5S-. The fourth-order valence-corrected chi connectivity index (χ4v) is 5.59. The molecule has 3 unspecified atom stereocenters. The number of carboxylic acid groups (broad SMARTS) is 1. The van der Waals surface area contributed by atoms with Crippen LogP contribution in [0.1, 0.15) is 62.8 Å². The molecule has 136 valence electrons. The van der Waals surface area contributed by atoms with Crippen molar-refractivity contribution < 1.29 is 23.4 Å². The number of rotatable bonds is 4. The normalized spacial score (nSPS) is 27.9. The van der Waals surface area contributed by atoms with E-state index in [9.17, 15) is 18.7 Å². The van der Waals surface area contributed by atoms with E-state index in [2.05, 4.69) is 0 Å². The van der Waals surface area contributed by atoms with E-state index in [0.29, 0.717) is 43.0 Å². The molecule has 4 rings (SSSR count). The number of benzene rings is 1. The lowest BCUT2D eigenvalue weighted by Gasteiger charge is -2.40. The average Bonchev–Trinajstić information content (AvgIpc) is 3.19. The van der Waals surface area contributed by atoms with Gasteiger partial charge in [-0.05, 0) is 38.2 Å². The Kier molecular flexibility index (Phi) is 4.24. The van der Waals surface area contributed by atoms with Crippen LogP contribution in [0, 0.1) is 0 Å². The van der Waals surface area contributed by atoms with Gasteiger partial charge in [-0.25, -0.2) is 4.79 Å². The van der Waals surface area contributed by atoms with Crippen LogP contribution < -0.4 is 9.04 Å². The zero-order valence-corrected chi connectivity index (χ0v) is 14.8. The van der Waals surface area contributed by atoms with E-state index in [1.54, 1.807) is 12.1 Å². The summed E-state index contributed by atoms with van der Waals surface area (Å²) in [4.78, 5) is 11.9. The van der Waals surface area contributed by atoms with E-state index in [0.717, 1.165) is 29.1 Å². The molecule has 1 aliphatic heterocycles. The summed E-state index contributed by atoms with van der Waals surface area (Å²) < 4.78 is 31.1. The molecule has 0 bridgehead atoms. The molecule has 0 aromatic heterocycles. The number of carbonyl (C=O) groups is 1. The third-order valence-corrected chi connectivity index (χ3v) is 6.84. The molecule has 2 aliphatic carbocycles. The highest BCUT2D eigenvalue weighted by Crippen LogP contribution is 2.48. The minimum absolute atomic E-state index is 0.171. The standard InChI is InChI=1S/C18H23NO5S/c20-17(21)18(9-3-4-10-18)19(25(22)23)12-7-8-14-13-5-1-2-6-15(13)24-16(14)11-12/h7-8,11,13,15H,1-6,9-10H2,(H,20,21)(H,22,23)/p-1. The Balaban J connectivity index is 1.73. The van der Waals surface area contributed by atoms with E-state index in [1.807, 2.05) is 6.07 Å². The number of nitrogens with zero attached hydrogens (tertiary/aromatic N) is 1. The van der Waals surface area contributed by atoms with E-state index in [4.69, 9.17) is 4.74 Å². The molecule has 6 nitrogen and oxygen atoms in total. The predicted octanol–water partition coefficient (Wildman–Crippen LogP) is 3.10. The highest BCUT2D eigenvalue weighted by molar-refractivity contribution is 7.80. The lowest BCUT2D eigenvalue weighted by atomic mass is 9.83. The third-order valence-electron chi connectivity index (χ3n) is 5.98. The SMILES string of the molecule is O=C(O)C1(N(c2ccc3c(c2)OC2CCCCC32)S(=O)[O-])CCCC1. The van der Waals surface area contributed by atoms with Crippen LogP contribution in [0.4, 0.5) is 5.69 Å². The van der Waals surface area contributed by atoms with Gasteiger partial charge in [0.2, 0.25) is 0 Å². The summed E-state index contributed by atoms with van der Waals surface area (Å²) in [7, 11) is 0. The van der Waals surface area contributed by atoms with Crippen LogP contribution >= 0.6 is 0 Å². The zero-order chi connectivity index (χ0) is 17.6. The van der Waals surface area contributed by atoms with Crippen LogP contribution in [0.2, 0.25) is 0 Å². The minimum Gasteiger partial charge on any atom is -0.755 e. The molecule has 3 aliphatic rings. The van der Waals surface area contributed by atoms with Crippen LogP contribution in [0.5, 0.6) is 5.75 Å². The Bertz CT molecular complexity index is 715. The molecule has 3 atom stereocenters. The van der Waals surface area contributed by atoms with Crippen molar-refractivity contribution in [1.82, 2.24) is 0 Å². The fourth-order valence-electron chi connectivity index (χ4n) is 4.75. The lowest BCUT2D eigenvalue weighted by Crippen LogP contribution is -2.53. The van der Waals surface area contributed by atoms with E-state index < -0.39 is 22.8 Å². The number of ether oxygens (including phenoxy) is 1. The fraction of sp³-hybridized carbons (Fsp3) is 0.611. The minimum atomic E-state index is -2.66. The van der Waals surface area contributed by atoms with E-state index in [-0.39, 0.29) is 6.10 Å². The lowest BCUT2D eigenvalue weighted by molar-refractivity contribution is -0.142. The van der Waals surface area contributed by atoms with Crippen LogP contribution in [0.3, 0.4) is 0 Å². The van der Waals surface area contributed by atoms with Crippen LogP contribution in [0.15, 0.2) is 18.2 Å².